The van der Waals surface area contributed by atoms with Gasteiger partial charge in [-0.2, -0.15) is 4.68 Å². The second-order valence-electron chi connectivity index (χ2n) is 2.72. The maximum atomic E-state index is 9.36. The molecule has 0 spiro atoms. The summed E-state index contributed by atoms with van der Waals surface area (Å²) in [6.07, 6.45) is 0.694. The number of hydrogen-bond acceptors (Lipinski definition) is 7. The summed E-state index contributed by atoms with van der Waals surface area (Å²) in [5.41, 5.74) is 5.93. The van der Waals surface area contributed by atoms with Gasteiger partial charge in [0.05, 0.1) is 18.0 Å². The smallest absolute Gasteiger partial charge is 0.243 e. The zero-order chi connectivity index (χ0) is 10.1. The van der Waals surface area contributed by atoms with Crippen molar-refractivity contribution in [2.24, 2.45) is 0 Å². The van der Waals surface area contributed by atoms with Gasteiger partial charge in [0, 0.05) is 0 Å². The molecule has 0 radical (unpaired) electrons. The second kappa shape index (κ2) is 3.07. The van der Waals surface area contributed by atoms with E-state index >= 15 is 0 Å². The predicted octanol–water partition coefficient (Wildman–Crippen LogP) is -0.714. The number of nitrogen functional groups attached to an aromatic ring is 1. The molecular formula is C6H8N6O2. The van der Waals surface area contributed by atoms with Crippen molar-refractivity contribution in [3.8, 4) is 5.82 Å². The fraction of sp³-hybridized carbons (Fsp3) is 0.333. The molecule has 1 atom stereocenters. The summed E-state index contributed by atoms with van der Waals surface area (Å²) >= 11 is 0. The maximum Gasteiger partial charge on any atom is 0.243 e. The summed E-state index contributed by atoms with van der Waals surface area (Å²) < 4.78 is 5.68. The van der Waals surface area contributed by atoms with Crippen molar-refractivity contribution in [1.82, 2.24) is 25.3 Å². The third kappa shape index (κ3) is 1.21. The van der Waals surface area contributed by atoms with Crippen LogP contribution >= 0.6 is 0 Å². The lowest BCUT2D eigenvalue weighted by atomic mass is 10.3. The molecule has 0 saturated carbocycles. The van der Waals surface area contributed by atoms with E-state index in [4.69, 9.17) is 5.73 Å². The number of anilines is 1. The zero-order valence-corrected chi connectivity index (χ0v) is 7.32. The van der Waals surface area contributed by atoms with Gasteiger partial charge in [0.2, 0.25) is 11.6 Å². The first-order valence-corrected chi connectivity index (χ1v) is 3.87. The van der Waals surface area contributed by atoms with Crippen LogP contribution in [0.5, 0.6) is 0 Å². The Kier molecular flexibility index (Phi) is 1.89. The summed E-state index contributed by atoms with van der Waals surface area (Å²) in [5, 5.41) is 23.6. The first-order valence-electron chi connectivity index (χ1n) is 3.87. The van der Waals surface area contributed by atoms with Crippen LogP contribution in [0, 0.1) is 0 Å². The fourth-order valence-corrected chi connectivity index (χ4v) is 1.03. The number of nitrogens with zero attached hydrogens (tertiary/aromatic N) is 5. The SMILES string of the molecule is C[C@@H](O)c1cnnn1-c1nonc1N. The van der Waals surface area contributed by atoms with Gasteiger partial charge < -0.3 is 10.8 Å². The fourth-order valence-electron chi connectivity index (χ4n) is 1.03. The van der Waals surface area contributed by atoms with E-state index in [0.717, 1.165) is 0 Å². The van der Waals surface area contributed by atoms with Crippen molar-refractivity contribution in [3.63, 3.8) is 0 Å². The van der Waals surface area contributed by atoms with Gasteiger partial charge in [-0.3, -0.25) is 0 Å². The molecule has 2 heterocycles. The molecule has 0 aromatic carbocycles. The number of hydrogen-bond donors (Lipinski definition) is 2. The van der Waals surface area contributed by atoms with Crippen LogP contribution in [0.2, 0.25) is 0 Å². The molecular weight excluding hydrogens is 188 g/mol. The van der Waals surface area contributed by atoms with Crippen molar-refractivity contribution in [1.29, 1.82) is 0 Å². The normalized spacial score (nSPS) is 13.0. The van der Waals surface area contributed by atoms with Crippen LogP contribution in [-0.4, -0.2) is 30.4 Å². The van der Waals surface area contributed by atoms with Crippen LogP contribution in [0.1, 0.15) is 18.7 Å². The summed E-state index contributed by atoms with van der Waals surface area (Å²) in [7, 11) is 0. The van der Waals surface area contributed by atoms with Crippen molar-refractivity contribution in [2.75, 3.05) is 5.73 Å². The third-order valence-electron chi connectivity index (χ3n) is 1.70. The Morgan fingerprint density at radius 3 is 2.93 bits per heavy atom. The molecule has 0 amide bonds. The highest BCUT2D eigenvalue weighted by atomic mass is 16.6. The average Bonchev–Trinajstić information content (AvgIpc) is 2.70. The molecule has 0 fully saturated rings. The van der Waals surface area contributed by atoms with Gasteiger partial charge in [-0.25, -0.2) is 4.63 Å². The molecule has 0 aliphatic rings. The van der Waals surface area contributed by atoms with Gasteiger partial charge in [0.1, 0.15) is 0 Å². The highest BCUT2D eigenvalue weighted by molar-refractivity contribution is 5.44. The Hall–Kier alpha value is -1.96. The summed E-state index contributed by atoms with van der Waals surface area (Å²) in [6, 6.07) is 0. The number of aliphatic hydroxyl groups excluding tert-OH is 1. The summed E-state index contributed by atoms with van der Waals surface area (Å²) in [4.78, 5) is 0. The van der Waals surface area contributed by atoms with Crippen molar-refractivity contribution in [2.45, 2.75) is 13.0 Å². The van der Waals surface area contributed by atoms with Gasteiger partial charge in [0.15, 0.2) is 0 Å². The largest absolute Gasteiger partial charge is 0.387 e. The van der Waals surface area contributed by atoms with Crippen molar-refractivity contribution in [3.05, 3.63) is 11.9 Å². The molecule has 0 bridgehead atoms. The van der Waals surface area contributed by atoms with Gasteiger partial charge in [-0.1, -0.05) is 5.21 Å². The average molecular weight is 196 g/mol. The van der Waals surface area contributed by atoms with E-state index in [-0.39, 0.29) is 11.6 Å². The van der Waals surface area contributed by atoms with Gasteiger partial charge in [-0.05, 0) is 17.2 Å². The van der Waals surface area contributed by atoms with Crippen LogP contribution in [0.25, 0.3) is 5.82 Å². The number of aliphatic hydroxyl groups is 1. The Morgan fingerprint density at radius 1 is 1.57 bits per heavy atom. The quantitative estimate of drug-likeness (QED) is 0.651. The van der Waals surface area contributed by atoms with Crippen LogP contribution in [-0.2, 0) is 0 Å². The minimum Gasteiger partial charge on any atom is -0.387 e. The molecule has 2 aromatic heterocycles. The standard InChI is InChI=1S/C6H8N6O2/c1-3(13)4-2-8-11-12(4)6-5(7)9-14-10-6/h2-3,13H,1H3,(H2,7,9)/t3-/m1/s1. The zero-order valence-electron chi connectivity index (χ0n) is 7.32. The minimum atomic E-state index is -0.721. The monoisotopic (exact) mass is 196 g/mol. The first kappa shape index (κ1) is 8.63. The van der Waals surface area contributed by atoms with Gasteiger partial charge in [-0.15, -0.1) is 5.10 Å². The molecule has 2 aromatic rings. The highest BCUT2D eigenvalue weighted by Crippen LogP contribution is 2.16. The molecule has 0 unspecified atom stereocenters. The van der Waals surface area contributed by atoms with Crippen LogP contribution < -0.4 is 5.73 Å². The summed E-state index contributed by atoms with van der Waals surface area (Å²) in [5.74, 6) is 0.316. The molecule has 0 aliphatic heterocycles. The lowest BCUT2D eigenvalue weighted by Crippen LogP contribution is -2.07. The van der Waals surface area contributed by atoms with E-state index in [1.807, 2.05) is 0 Å². The van der Waals surface area contributed by atoms with E-state index in [9.17, 15) is 5.11 Å². The summed E-state index contributed by atoms with van der Waals surface area (Å²) in [6.45, 7) is 1.58. The Balaban J connectivity index is 2.52. The van der Waals surface area contributed by atoms with E-state index in [0.29, 0.717) is 5.69 Å². The van der Waals surface area contributed by atoms with E-state index in [1.165, 1.54) is 10.9 Å². The van der Waals surface area contributed by atoms with Crippen molar-refractivity contribution >= 4 is 5.82 Å². The molecule has 74 valence electrons. The highest BCUT2D eigenvalue weighted by Gasteiger charge is 2.16. The minimum absolute atomic E-state index is 0.0948. The molecule has 14 heavy (non-hydrogen) atoms. The predicted molar refractivity (Wildman–Crippen MR) is 44.3 cm³/mol. The molecule has 2 rings (SSSR count). The first-order chi connectivity index (χ1) is 6.70. The van der Waals surface area contributed by atoms with Crippen molar-refractivity contribution < 1.29 is 9.74 Å². The molecule has 8 heteroatoms. The van der Waals surface area contributed by atoms with Crippen LogP contribution in [0.3, 0.4) is 0 Å². The topological polar surface area (TPSA) is 116 Å². The maximum absolute atomic E-state index is 9.36. The molecule has 3 N–H and O–H groups in total. The van der Waals surface area contributed by atoms with Gasteiger partial charge in [0.25, 0.3) is 0 Å². The van der Waals surface area contributed by atoms with E-state index in [1.54, 1.807) is 6.92 Å². The lowest BCUT2D eigenvalue weighted by Gasteiger charge is -2.03. The van der Waals surface area contributed by atoms with E-state index in [2.05, 4.69) is 25.3 Å². The van der Waals surface area contributed by atoms with Crippen LogP contribution in [0.4, 0.5) is 5.82 Å². The Bertz CT molecular complexity index is 433. The molecule has 0 aliphatic carbocycles. The Morgan fingerprint density at radius 2 is 2.36 bits per heavy atom. The third-order valence-corrected chi connectivity index (χ3v) is 1.70. The lowest BCUT2D eigenvalue weighted by molar-refractivity contribution is 0.190. The number of rotatable bonds is 2. The molecule has 0 saturated heterocycles. The van der Waals surface area contributed by atoms with E-state index < -0.39 is 6.10 Å². The van der Waals surface area contributed by atoms with Gasteiger partial charge >= 0.3 is 0 Å². The van der Waals surface area contributed by atoms with Crippen LogP contribution in [0.15, 0.2) is 10.8 Å². The number of aromatic nitrogens is 5. The second-order valence-corrected chi connectivity index (χ2v) is 2.72. The Labute approximate surface area is 78.3 Å². The number of nitrogens with two attached hydrogens (primary N) is 1. The molecule has 8 nitrogen and oxygen atoms in total.